The monoisotopic (exact) mass is 266 g/mol. The lowest BCUT2D eigenvalue weighted by Gasteiger charge is -2.28. The summed E-state index contributed by atoms with van der Waals surface area (Å²) in [5, 5.41) is 3.68. The van der Waals surface area contributed by atoms with Crippen LogP contribution in [0.1, 0.15) is 18.4 Å². The molecule has 1 saturated heterocycles. The molecule has 0 aliphatic carbocycles. The number of piperidine rings is 1. The number of likely N-dealkylation sites (tertiary alicyclic amines) is 1. The highest BCUT2D eigenvalue weighted by Gasteiger charge is 2.24. The predicted octanol–water partition coefficient (Wildman–Crippen LogP) is 2.93. The molecule has 2 rings (SSSR count). The van der Waals surface area contributed by atoms with Crippen LogP contribution in [0.2, 0.25) is 5.02 Å². The molecule has 0 aromatic heterocycles. The van der Waals surface area contributed by atoms with E-state index in [2.05, 4.69) is 17.3 Å². The standard InChI is InChI=1S/C14H19ClN2O/c1-10-12(15)6-3-7-13(10)16-14(18)11-5-4-8-17(2)9-11/h3,6-7,11H,4-5,8-9H2,1-2H3,(H,16,18)/t11-/m1/s1. The van der Waals surface area contributed by atoms with Crippen molar-refractivity contribution in [3.8, 4) is 0 Å². The number of anilines is 1. The number of nitrogens with one attached hydrogen (secondary N) is 1. The molecule has 0 bridgehead atoms. The first-order valence-electron chi connectivity index (χ1n) is 6.32. The van der Waals surface area contributed by atoms with Gasteiger partial charge in [0, 0.05) is 17.3 Å². The van der Waals surface area contributed by atoms with Gasteiger partial charge in [0.2, 0.25) is 5.91 Å². The first kappa shape index (κ1) is 13.4. The van der Waals surface area contributed by atoms with Crippen molar-refractivity contribution in [3.63, 3.8) is 0 Å². The average molecular weight is 267 g/mol. The summed E-state index contributed by atoms with van der Waals surface area (Å²) in [5.74, 6) is 0.189. The number of rotatable bonds is 2. The average Bonchev–Trinajstić information content (AvgIpc) is 2.35. The highest BCUT2D eigenvalue weighted by molar-refractivity contribution is 6.31. The Balaban J connectivity index is 2.04. The Kier molecular flexibility index (Phi) is 4.25. The fourth-order valence-electron chi connectivity index (χ4n) is 2.36. The van der Waals surface area contributed by atoms with E-state index in [0.29, 0.717) is 5.02 Å². The number of carbonyl (C=O) groups is 1. The molecule has 18 heavy (non-hydrogen) atoms. The normalized spacial score (nSPS) is 20.7. The summed E-state index contributed by atoms with van der Waals surface area (Å²) < 4.78 is 0. The molecule has 4 heteroatoms. The largest absolute Gasteiger partial charge is 0.326 e. The summed E-state index contributed by atoms with van der Waals surface area (Å²) in [7, 11) is 2.06. The van der Waals surface area contributed by atoms with Crippen LogP contribution in [0.15, 0.2) is 18.2 Å². The molecule has 1 N–H and O–H groups in total. The molecular weight excluding hydrogens is 248 g/mol. The van der Waals surface area contributed by atoms with E-state index in [9.17, 15) is 4.79 Å². The van der Waals surface area contributed by atoms with Gasteiger partial charge in [-0.3, -0.25) is 4.79 Å². The molecule has 0 spiro atoms. The quantitative estimate of drug-likeness (QED) is 0.893. The van der Waals surface area contributed by atoms with Crippen LogP contribution >= 0.6 is 11.6 Å². The van der Waals surface area contributed by atoms with E-state index in [-0.39, 0.29) is 11.8 Å². The third-order valence-electron chi connectivity index (χ3n) is 3.52. The van der Waals surface area contributed by atoms with Gasteiger partial charge in [-0.1, -0.05) is 17.7 Å². The van der Waals surface area contributed by atoms with Gasteiger partial charge < -0.3 is 10.2 Å². The second-order valence-corrected chi connectivity index (χ2v) is 5.41. The van der Waals surface area contributed by atoms with E-state index in [0.717, 1.165) is 37.2 Å². The smallest absolute Gasteiger partial charge is 0.228 e. The van der Waals surface area contributed by atoms with Crippen molar-refractivity contribution < 1.29 is 4.79 Å². The number of hydrogen-bond acceptors (Lipinski definition) is 2. The minimum absolute atomic E-state index is 0.0853. The van der Waals surface area contributed by atoms with Crippen LogP contribution in [0.5, 0.6) is 0 Å². The summed E-state index contributed by atoms with van der Waals surface area (Å²) in [6.45, 7) is 3.84. The fraction of sp³-hybridized carbons (Fsp3) is 0.500. The first-order chi connectivity index (χ1) is 8.58. The van der Waals surface area contributed by atoms with Gasteiger partial charge in [0.05, 0.1) is 5.92 Å². The second kappa shape index (κ2) is 5.72. The fourth-order valence-corrected chi connectivity index (χ4v) is 2.53. The zero-order valence-corrected chi connectivity index (χ0v) is 11.6. The van der Waals surface area contributed by atoms with Crippen molar-refractivity contribution in [2.24, 2.45) is 5.92 Å². The SMILES string of the molecule is Cc1c(Cl)cccc1NC(=O)[C@@H]1CCCN(C)C1. The molecule has 1 amide bonds. The van der Waals surface area contributed by atoms with Crippen molar-refractivity contribution in [3.05, 3.63) is 28.8 Å². The lowest BCUT2D eigenvalue weighted by atomic mass is 9.97. The first-order valence-corrected chi connectivity index (χ1v) is 6.70. The van der Waals surface area contributed by atoms with Crippen molar-refractivity contribution in [2.75, 3.05) is 25.5 Å². The molecule has 1 heterocycles. The third-order valence-corrected chi connectivity index (χ3v) is 3.93. The van der Waals surface area contributed by atoms with E-state index < -0.39 is 0 Å². The Hall–Kier alpha value is -1.06. The van der Waals surface area contributed by atoms with Gasteiger partial charge in [0.25, 0.3) is 0 Å². The highest BCUT2D eigenvalue weighted by atomic mass is 35.5. The molecule has 98 valence electrons. The molecule has 0 radical (unpaired) electrons. The number of halogens is 1. The van der Waals surface area contributed by atoms with Crippen LogP contribution < -0.4 is 5.32 Å². The Labute approximate surface area is 113 Å². The Morgan fingerprint density at radius 2 is 2.28 bits per heavy atom. The van der Waals surface area contributed by atoms with Crippen LogP contribution in [-0.4, -0.2) is 30.9 Å². The molecule has 1 aromatic rings. The van der Waals surface area contributed by atoms with Gasteiger partial charge in [-0.05, 0) is 51.1 Å². The molecule has 3 nitrogen and oxygen atoms in total. The van der Waals surface area contributed by atoms with E-state index in [1.54, 1.807) is 0 Å². The van der Waals surface area contributed by atoms with E-state index in [4.69, 9.17) is 11.6 Å². The molecule has 0 saturated carbocycles. The lowest BCUT2D eigenvalue weighted by molar-refractivity contribution is -0.121. The number of amides is 1. The van der Waals surface area contributed by atoms with Gasteiger partial charge in [-0.15, -0.1) is 0 Å². The topological polar surface area (TPSA) is 32.3 Å². The minimum atomic E-state index is 0.0853. The van der Waals surface area contributed by atoms with Crippen molar-refractivity contribution in [1.82, 2.24) is 4.90 Å². The van der Waals surface area contributed by atoms with Crippen LogP contribution in [0.4, 0.5) is 5.69 Å². The maximum atomic E-state index is 12.2. The van der Waals surface area contributed by atoms with Crippen LogP contribution in [0.25, 0.3) is 0 Å². The van der Waals surface area contributed by atoms with Gasteiger partial charge in [0.1, 0.15) is 0 Å². The molecular formula is C14H19ClN2O. The van der Waals surface area contributed by atoms with E-state index in [1.807, 2.05) is 25.1 Å². The number of benzene rings is 1. The summed E-state index contributed by atoms with van der Waals surface area (Å²) >= 11 is 6.05. The van der Waals surface area contributed by atoms with Crippen molar-refractivity contribution >= 4 is 23.2 Å². The molecule has 1 aromatic carbocycles. The predicted molar refractivity (Wildman–Crippen MR) is 75.0 cm³/mol. The maximum Gasteiger partial charge on any atom is 0.228 e. The Morgan fingerprint density at radius 1 is 1.50 bits per heavy atom. The van der Waals surface area contributed by atoms with Gasteiger partial charge in [-0.2, -0.15) is 0 Å². The zero-order valence-electron chi connectivity index (χ0n) is 10.9. The maximum absolute atomic E-state index is 12.2. The molecule has 1 atom stereocenters. The Bertz CT molecular complexity index is 447. The number of hydrogen-bond donors (Lipinski definition) is 1. The summed E-state index contributed by atoms with van der Waals surface area (Å²) in [5.41, 5.74) is 1.75. The van der Waals surface area contributed by atoms with Crippen LogP contribution in [0, 0.1) is 12.8 Å². The van der Waals surface area contributed by atoms with Crippen LogP contribution in [0.3, 0.4) is 0 Å². The van der Waals surface area contributed by atoms with Crippen LogP contribution in [-0.2, 0) is 4.79 Å². The molecule has 1 aliphatic heterocycles. The van der Waals surface area contributed by atoms with Gasteiger partial charge in [0.15, 0.2) is 0 Å². The number of carbonyl (C=O) groups excluding carboxylic acids is 1. The molecule has 1 fully saturated rings. The van der Waals surface area contributed by atoms with Crippen molar-refractivity contribution in [1.29, 1.82) is 0 Å². The summed E-state index contributed by atoms with van der Waals surface area (Å²) in [6, 6.07) is 5.59. The highest BCUT2D eigenvalue weighted by Crippen LogP contribution is 2.24. The van der Waals surface area contributed by atoms with Crippen molar-refractivity contribution in [2.45, 2.75) is 19.8 Å². The number of nitrogens with zero attached hydrogens (tertiary/aromatic N) is 1. The second-order valence-electron chi connectivity index (χ2n) is 5.00. The lowest BCUT2D eigenvalue weighted by Crippen LogP contribution is -2.38. The summed E-state index contributed by atoms with van der Waals surface area (Å²) in [4.78, 5) is 14.4. The van der Waals surface area contributed by atoms with Gasteiger partial charge in [-0.25, -0.2) is 0 Å². The zero-order chi connectivity index (χ0) is 13.1. The van der Waals surface area contributed by atoms with E-state index in [1.165, 1.54) is 0 Å². The molecule has 0 unspecified atom stereocenters. The van der Waals surface area contributed by atoms with Gasteiger partial charge >= 0.3 is 0 Å². The Morgan fingerprint density at radius 3 is 3.00 bits per heavy atom. The van der Waals surface area contributed by atoms with E-state index >= 15 is 0 Å². The molecule has 1 aliphatic rings. The minimum Gasteiger partial charge on any atom is -0.326 e. The third kappa shape index (κ3) is 3.03. The summed E-state index contributed by atoms with van der Waals surface area (Å²) in [6.07, 6.45) is 2.05.